The zero-order chi connectivity index (χ0) is 16.1. The van der Waals surface area contributed by atoms with Crippen molar-refractivity contribution in [3.8, 4) is 16.9 Å². The maximum Gasteiger partial charge on any atom is 0.417 e. The van der Waals surface area contributed by atoms with Crippen molar-refractivity contribution in [2.75, 3.05) is 11.1 Å². The number of amides is 1. The lowest BCUT2D eigenvalue weighted by atomic mass is 10.1. The fourth-order valence-electron chi connectivity index (χ4n) is 2.00. The molecule has 0 radical (unpaired) electrons. The molecule has 2 aromatic carbocycles. The lowest BCUT2D eigenvalue weighted by Crippen LogP contribution is -2.16. The van der Waals surface area contributed by atoms with Crippen molar-refractivity contribution >= 4 is 17.7 Å². The number of rotatable bonds is 3. The first-order valence-corrected chi connectivity index (χ1v) is 6.92. The Morgan fingerprint density at radius 2 is 1.70 bits per heavy atom. The third kappa shape index (κ3) is 3.82. The summed E-state index contributed by atoms with van der Waals surface area (Å²) < 4.78 is 5.19. The summed E-state index contributed by atoms with van der Waals surface area (Å²) in [5, 5.41) is 2.69. The van der Waals surface area contributed by atoms with Gasteiger partial charge in [0.25, 0.3) is 0 Å². The second kappa shape index (κ2) is 6.57. The molecule has 0 saturated heterocycles. The Bertz CT molecular complexity index is 804. The highest BCUT2D eigenvalue weighted by molar-refractivity contribution is 5.87. The molecule has 3 aromatic rings. The summed E-state index contributed by atoms with van der Waals surface area (Å²) in [6.07, 6.45) is 2.70. The minimum atomic E-state index is -0.554. The van der Waals surface area contributed by atoms with E-state index in [0.717, 1.165) is 11.1 Å². The van der Waals surface area contributed by atoms with Crippen molar-refractivity contribution in [2.45, 2.75) is 0 Å². The molecule has 3 rings (SSSR count). The molecule has 1 heterocycles. The Kier molecular flexibility index (Phi) is 4.15. The molecule has 6 heteroatoms. The highest BCUT2D eigenvalue weighted by Crippen LogP contribution is 2.22. The number of para-hydroxylation sites is 1. The van der Waals surface area contributed by atoms with Crippen LogP contribution in [0.5, 0.6) is 5.75 Å². The third-order valence-electron chi connectivity index (χ3n) is 3.07. The molecular weight excluding hydrogens is 292 g/mol. The zero-order valence-corrected chi connectivity index (χ0v) is 12.1. The second-order valence-electron chi connectivity index (χ2n) is 4.74. The van der Waals surface area contributed by atoms with Crippen molar-refractivity contribution in [3.05, 3.63) is 67.0 Å². The molecule has 0 fully saturated rings. The molecule has 1 aromatic heterocycles. The van der Waals surface area contributed by atoms with Crippen LogP contribution in [-0.4, -0.2) is 16.1 Å². The number of ether oxygens (including phenoxy) is 1. The van der Waals surface area contributed by atoms with E-state index in [1.54, 1.807) is 48.8 Å². The van der Waals surface area contributed by atoms with Crippen molar-refractivity contribution < 1.29 is 9.53 Å². The molecule has 3 N–H and O–H groups in total. The minimum Gasteiger partial charge on any atom is -0.410 e. The highest BCUT2D eigenvalue weighted by Gasteiger charge is 2.06. The van der Waals surface area contributed by atoms with Gasteiger partial charge in [0.15, 0.2) is 0 Å². The maximum atomic E-state index is 11.9. The van der Waals surface area contributed by atoms with Crippen LogP contribution < -0.4 is 15.8 Å². The number of nitrogens with zero attached hydrogens (tertiary/aromatic N) is 2. The average Bonchev–Trinajstić information content (AvgIpc) is 2.56. The van der Waals surface area contributed by atoms with Gasteiger partial charge >= 0.3 is 6.09 Å². The molecule has 6 nitrogen and oxygen atoms in total. The van der Waals surface area contributed by atoms with Gasteiger partial charge in [-0.1, -0.05) is 30.3 Å². The minimum absolute atomic E-state index is 0.217. The standard InChI is InChI=1S/C17H14N4O2/c18-16-19-10-13(11-20-16)12-5-4-6-14(9-12)21-17(22)23-15-7-2-1-3-8-15/h1-11H,(H,21,22)(H2,18,19,20). The topological polar surface area (TPSA) is 90.1 Å². The van der Waals surface area contributed by atoms with Crippen LogP contribution in [0.4, 0.5) is 16.4 Å². The Balaban J connectivity index is 1.72. The predicted octanol–water partition coefficient (Wildman–Crippen LogP) is 3.34. The van der Waals surface area contributed by atoms with Crippen LogP contribution >= 0.6 is 0 Å². The quantitative estimate of drug-likeness (QED) is 0.774. The fraction of sp³-hybridized carbons (Fsp3) is 0. The van der Waals surface area contributed by atoms with E-state index in [4.69, 9.17) is 10.5 Å². The Hall–Kier alpha value is -3.41. The number of nitrogens with two attached hydrogens (primary N) is 1. The number of aromatic nitrogens is 2. The smallest absolute Gasteiger partial charge is 0.410 e. The summed E-state index contributed by atoms with van der Waals surface area (Å²) in [5.74, 6) is 0.697. The van der Waals surface area contributed by atoms with Crippen LogP contribution in [0.2, 0.25) is 0 Å². The molecule has 0 aliphatic rings. The monoisotopic (exact) mass is 306 g/mol. The van der Waals surface area contributed by atoms with Crippen molar-refractivity contribution in [2.24, 2.45) is 0 Å². The molecule has 0 spiro atoms. The van der Waals surface area contributed by atoms with Crippen LogP contribution in [0, 0.1) is 0 Å². The van der Waals surface area contributed by atoms with Crippen molar-refractivity contribution in [3.63, 3.8) is 0 Å². The number of carbonyl (C=O) groups is 1. The number of anilines is 2. The number of nitrogens with one attached hydrogen (secondary N) is 1. The first-order valence-electron chi connectivity index (χ1n) is 6.92. The van der Waals surface area contributed by atoms with Crippen LogP contribution in [0.15, 0.2) is 67.0 Å². The zero-order valence-electron chi connectivity index (χ0n) is 12.1. The molecule has 114 valence electrons. The Morgan fingerprint density at radius 1 is 0.957 bits per heavy atom. The molecule has 0 saturated carbocycles. The van der Waals surface area contributed by atoms with E-state index in [1.165, 1.54) is 0 Å². The summed E-state index contributed by atoms with van der Waals surface area (Å²) in [5.41, 5.74) is 7.76. The van der Waals surface area contributed by atoms with Crippen molar-refractivity contribution in [1.82, 2.24) is 9.97 Å². The normalized spacial score (nSPS) is 10.1. The van der Waals surface area contributed by atoms with Gasteiger partial charge in [0, 0.05) is 23.6 Å². The molecule has 23 heavy (non-hydrogen) atoms. The molecule has 1 amide bonds. The van der Waals surface area contributed by atoms with E-state index in [2.05, 4.69) is 15.3 Å². The van der Waals surface area contributed by atoms with Gasteiger partial charge < -0.3 is 10.5 Å². The number of benzene rings is 2. The van der Waals surface area contributed by atoms with E-state index < -0.39 is 6.09 Å². The second-order valence-corrected chi connectivity index (χ2v) is 4.74. The molecule has 0 aliphatic carbocycles. The summed E-state index contributed by atoms with van der Waals surface area (Å²) in [6, 6.07) is 16.2. The summed E-state index contributed by atoms with van der Waals surface area (Å²) in [7, 11) is 0. The summed E-state index contributed by atoms with van der Waals surface area (Å²) >= 11 is 0. The largest absolute Gasteiger partial charge is 0.417 e. The molecule has 0 bridgehead atoms. The van der Waals surface area contributed by atoms with Crippen LogP contribution in [0.1, 0.15) is 0 Å². The molecule has 0 aliphatic heterocycles. The van der Waals surface area contributed by atoms with Gasteiger partial charge in [-0.25, -0.2) is 14.8 Å². The van der Waals surface area contributed by atoms with E-state index >= 15 is 0 Å². The average molecular weight is 306 g/mol. The molecular formula is C17H14N4O2. The van der Waals surface area contributed by atoms with E-state index in [9.17, 15) is 4.79 Å². The van der Waals surface area contributed by atoms with Gasteiger partial charge in [0.05, 0.1) is 0 Å². The van der Waals surface area contributed by atoms with E-state index in [-0.39, 0.29) is 5.95 Å². The first kappa shape index (κ1) is 14.5. The van der Waals surface area contributed by atoms with E-state index in [1.807, 2.05) is 18.2 Å². The van der Waals surface area contributed by atoms with Gasteiger partial charge in [0.2, 0.25) is 5.95 Å². The Labute approximate surface area is 133 Å². The Morgan fingerprint density at radius 3 is 2.43 bits per heavy atom. The van der Waals surface area contributed by atoms with Crippen LogP contribution in [0.25, 0.3) is 11.1 Å². The van der Waals surface area contributed by atoms with Gasteiger partial charge in [-0.2, -0.15) is 0 Å². The lowest BCUT2D eigenvalue weighted by molar-refractivity contribution is 0.215. The first-order chi connectivity index (χ1) is 11.2. The fourth-order valence-corrected chi connectivity index (χ4v) is 2.00. The maximum absolute atomic E-state index is 11.9. The van der Waals surface area contributed by atoms with E-state index in [0.29, 0.717) is 11.4 Å². The summed E-state index contributed by atoms with van der Waals surface area (Å²) in [4.78, 5) is 19.8. The van der Waals surface area contributed by atoms with Gasteiger partial charge in [-0.3, -0.25) is 5.32 Å². The highest BCUT2D eigenvalue weighted by atomic mass is 16.6. The van der Waals surface area contributed by atoms with Gasteiger partial charge in [-0.15, -0.1) is 0 Å². The molecule has 0 unspecified atom stereocenters. The number of hydrogen-bond donors (Lipinski definition) is 2. The van der Waals surface area contributed by atoms with Crippen LogP contribution in [-0.2, 0) is 0 Å². The third-order valence-corrected chi connectivity index (χ3v) is 3.07. The summed E-state index contributed by atoms with van der Waals surface area (Å²) in [6.45, 7) is 0. The number of hydrogen-bond acceptors (Lipinski definition) is 5. The predicted molar refractivity (Wildman–Crippen MR) is 88.0 cm³/mol. The van der Waals surface area contributed by atoms with Crippen molar-refractivity contribution in [1.29, 1.82) is 0 Å². The SMILES string of the molecule is Nc1ncc(-c2cccc(NC(=O)Oc3ccccc3)c2)cn1. The molecule has 0 atom stereocenters. The van der Waals surface area contributed by atoms with Gasteiger partial charge in [0.1, 0.15) is 5.75 Å². The van der Waals surface area contributed by atoms with Crippen LogP contribution in [0.3, 0.4) is 0 Å². The number of carbonyl (C=O) groups excluding carboxylic acids is 1. The lowest BCUT2D eigenvalue weighted by Gasteiger charge is -2.08. The van der Waals surface area contributed by atoms with Gasteiger partial charge in [-0.05, 0) is 29.8 Å². The number of nitrogen functional groups attached to an aromatic ring is 1.